The summed E-state index contributed by atoms with van der Waals surface area (Å²) in [6.07, 6.45) is 0.524. The van der Waals surface area contributed by atoms with Gasteiger partial charge in [0.15, 0.2) is 0 Å². The van der Waals surface area contributed by atoms with Crippen LogP contribution in [0.4, 0.5) is 0 Å². The third-order valence-corrected chi connectivity index (χ3v) is 1.07. The predicted octanol–water partition coefficient (Wildman–Crippen LogP) is -1.33. The summed E-state index contributed by atoms with van der Waals surface area (Å²) in [5.74, 6) is 0.0554. The van der Waals surface area contributed by atoms with Crippen molar-refractivity contribution in [2.24, 2.45) is 5.73 Å². The first-order valence-corrected chi connectivity index (χ1v) is 3.42. The van der Waals surface area contributed by atoms with Gasteiger partial charge in [-0.1, -0.05) is 0 Å². The Balaban J connectivity index is 3.09. The smallest absolute Gasteiger partial charge is 0.221 e. The van der Waals surface area contributed by atoms with Crippen LogP contribution in [0.5, 0.6) is 0 Å². The molecule has 4 nitrogen and oxygen atoms in total. The van der Waals surface area contributed by atoms with Crippen molar-refractivity contribution in [1.82, 2.24) is 10.6 Å². The SMILES string of the molecule is CNCCC(=O)NCCN. The van der Waals surface area contributed by atoms with E-state index in [9.17, 15) is 4.79 Å². The molecular weight excluding hydrogens is 130 g/mol. The number of amides is 1. The minimum atomic E-state index is 0.0554. The second-order valence-electron chi connectivity index (χ2n) is 1.99. The summed E-state index contributed by atoms with van der Waals surface area (Å²) in [6, 6.07) is 0. The summed E-state index contributed by atoms with van der Waals surface area (Å²) in [4.78, 5) is 10.8. The van der Waals surface area contributed by atoms with E-state index in [0.29, 0.717) is 19.5 Å². The van der Waals surface area contributed by atoms with Crippen molar-refractivity contribution >= 4 is 5.91 Å². The van der Waals surface area contributed by atoms with E-state index in [1.807, 2.05) is 7.05 Å². The Hall–Kier alpha value is -0.610. The van der Waals surface area contributed by atoms with Crippen molar-refractivity contribution in [3.05, 3.63) is 0 Å². The lowest BCUT2D eigenvalue weighted by molar-refractivity contribution is -0.120. The van der Waals surface area contributed by atoms with Crippen LogP contribution in [-0.4, -0.2) is 32.6 Å². The zero-order valence-electron chi connectivity index (χ0n) is 6.31. The van der Waals surface area contributed by atoms with Gasteiger partial charge in [-0.05, 0) is 7.05 Å². The summed E-state index contributed by atoms with van der Waals surface area (Å²) in [7, 11) is 1.82. The Morgan fingerprint density at radius 2 is 2.20 bits per heavy atom. The molecule has 1 amide bonds. The van der Waals surface area contributed by atoms with Gasteiger partial charge in [0.25, 0.3) is 0 Å². The Bertz CT molecular complexity index is 85.0. The maximum absolute atomic E-state index is 10.8. The van der Waals surface area contributed by atoms with Gasteiger partial charge in [0.05, 0.1) is 0 Å². The van der Waals surface area contributed by atoms with Gasteiger partial charge < -0.3 is 16.4 Å². The van der Waals surface area contributed by atoms with Crippen LogP contribution < -0.4 is 16.4 Å². The minimum absolute atomic E-state index is 0.0554. The first-order chi connectivity index (χ1) is 4.81. The lowest BCUT2D eigenvalue weighted by atomic mass is 10.4. The van der Waals surface area contributed by atoms with E-state index in [1.54, 1.807) is 0 Å². The topological polar surface area (TPSA) is 67.2 Å². The monoisotopic (exact) mass is 145 g/mol. The molecule has 0 rings (SSSR count). The minimum Gasteiger partial charge on any atom is -0.355 e. The molecule has 10 heavy (non-hydrogen) atoms. The fraction of sp³-hybridized carbons (Fsp3) is 0.833. The molecule has 0 unspecified atom stereocenters. The van der Waals surface area contributed by atoms with Gasteiger partial charge in [-0.3, -0.25) is 4.79 Å². The number of nitrogens with one attached hydrogen (secondary N) is 2. The third-order valence-electron chi connectivity index (χ3n) is 1.07. The molecule has 0 heterocycles. The highest BCUT2D eigenvalue weighted by Gasteiger charge is 1.96. The van der Waals surface area contributed by atoms with Crippen LogP contribution in [0.2, 0.25) is 0 Å². The number of rotatable bonds is 5. The Labute approximate surface area is 61.2 Å². The first-order valence-electron chi connectivity index (χ1n) is 3.42. The molecule has 0 bridgehead atoms. The van der Waals surface area contributed by atoms with Crippen LogP contribution in [-0.2, 0) is 4.79 Å². The van der Waals surface area contributed by atoms with Gasteiger partial charge in [-0.15, -0.1) is 0 Å². The molecule has 4 heteroatoms. The van der Waals surface area contributed by atoms with E-state index >= 15 is 0 Å². The average Bonchev–Trinajstić information content (AvgIpc) is 1.97. The molecule has 60 valence electrons. The van der Waals surface area contributed by atoms with Crippen LogP contribution in [0.25, 0.3) is 0 Å². The molecule has 0 spiro atoms. The van der Waals surface area contributed by atoms with Crippen LogP contribution >= 0.6 is 0 Å². The Morgan fingerprint density at radius 1 is 1.50 bits per heavy atom. The number of hydrogen-bond acceptors (Lipinski definition) is 3. The maximum atomic E-state index is 10.8. The zero-order chi connectivity index (χ0) is 7.82. The fourth-order valence-corrected chi connectivity index (χ4v) is 0.539. The second-order valence-corrected chi connectivity index (χ2v) is 1.99. The summed E-state index contributed by atoms with van der Waals surface area (Å²) >= 11 is 0. The largest absolute Gasteiger partial charge is 0.355 e. The molecule has 0 aromatic carbocycles. The van der Waals surface area contributed by atoms with Crippen LogP contribution in [0.1, 0.15) is 6.42 Å². The highest BCUT2D eigenvalue weighted by Crippen LogP contribution is 1.73. The molecular formula is C6H15N3O. The lowest BCUT2D eigenvalue weighted by Crippen LogP contribution is -2.30. The van der Waals surface area contributed by atoms with E-state index in [0.717, 1.165) is 6.54 Å². The number of carbonyl (C=O) groups excluding carboxylic acids is 1. The van der Waals surface area contributed by atoms with E-state index in [2.05, 4.69) is 10.6 Å². The molecule has 0 saturated carbocycles. The van der Waals surface area contributed by atoms with Crippen molar-refractivity contribution in [2.45, 2.75) is 6.42 Å². The molecule has 0 fully saturated rings. The first kappa shape index (κ1) is 9.39. The Kier molecular flexibility index (Phi) is 6.11. The lowest BCUT2D eigenvalue weighted by Gasteiger charge is -2.01. The van der Waals surface area contributed by atoms with Gasteiger partial charge in [0.2, 0.25) is 5.91 Å². The standard InChI is InChI=1S/C6H15N3O/c1-8-4-2-6(10)9-5-3-7/h8H,2-5,7H2,1H3,(H,9,10). The van der Waals surface area contributed by atoms with Crippen LogP contribution in [0.15, 0.2) is 0 Å². The molecule has 0 aromatic rings. The number of nitrogens with two attached hydrogens (primary N) is 1. The predicted molar refractivity (Wildman–Crippen MR) is 40.6 cm³/mol. The fourth-order valence-electron chi connectivity index (χ4n) is 0.539. The van der Waals surface area contributed by atoms with Crippen LogP contribution in [0.3, 0.4) is 0 Å². The van der Waals surface area contributed by atoms with Gasteiger partial charge >= 0.3 is 0 Å². The van der Waals surface area contributed by atoms with Crippen molar-refractivity contribution in [3.8, 4) is 0 Å². The van der Waals surface area contributed by atoms with E-state index in [-0.39, 0.29) is 5.91 Å². The quantitative estimate of drug-likeness (QED) is 0.449. The van der Waals surface area contributed by atoms with Gasteiger partial charge in [-0.2, -0.15) is 0 Å². The van der Waals surface area contributed by atoms with E-state index in [1.165, 1.54) is 0 Å². The Morgan fingerprint density at radius 3 is 2.70 bits per heavy atom. The molecule has 0 radical (unpaired) electrons. The molecule has 0 atom stereocenters. The molecule has 0 aliphatic rings. The van der Waals surface area contributed by atoms with Crippen molar-refractivity contribution in [2.75, 3.05) is 26.7 Å². The number of hydrogen-bond donors (Lipinski definition) is 3. The molecule has 0 aliphatic carbocycles. The summed E-state index contributed by atoms with van der Waals surface area (Å²) in [5, 5.41) is 5.55. The van der Waals surface area contributed by atoms with E-state index < -0.39 is 0 Å². The van der Waals surface area contributed by atoms with Gasteiger partial charge in [-0.25, -0.2) is 0 Å². The maximum Gasteiger partial charge on any atom is 0.221 e. The summed E-state index contributed by atoms with van der Waals surface area (Å²) < 4.78 is 0. The molecule has 0 saturated heterocycles. The van der Waals surface area contributed by atoms with Crippen molar-refractivity contribution in [1.29, 1.82) is 0 Å². The number of carbonyl (C=O) groups is 1. The van der Waals surface area contributed by atoms with Crippen molar-refractivity contribution < 1.29 is 4.79 Å². The van der Waals surface area contributed by atoms with Gasteiger partial charge in [0, 0.05) is 26.1 Å². The summed E-state index contributed by atoms with van der Waals surface area (Å²) in [6.45, 7) is 1.80. The summed E-state index contributed by atoms with van der Waals surface area (Å²) in [5.41, 5.74) is 5.18. The third kappa shape index (κ3) is 5.53. The molecule has 4 N–H and O–H groups in total. The van der Waals surface area contributed by atoms with Gasteiger partial charge in [0.1, 0.15) is 0 Å². The van der Waals surface area contributed by atoms with E-state index in [4.69, 9.17) is 5.73 Å². The highest BCUT2D eigenvalue weighted by molar-refractivity contribution is 5.75. The zero-order valence-corrected chi connectivity index (χ0v) is 6.31. The van der Waals surface area contributed by atoms with Crippen molar-refractivity contribution in [3.63, 3.8) is 0 Å². The van der Waals surface area contributed by atoms with Crippen LogP contribution in [0, 0.1) is 0 Å². The highest BCUT2D eigenvalue weighted by atomic mass is 16.1. The molecule has 0 aliphatic heterocycles. The molecule has 0 aromatic heterocycles. The average molecular weight is 145 g/mol. The second kappa shape index (κ2) is 6.51. The normalized spacial score (nSPS) is 9.40.